The van der Waals surface area contributed by atoms with Gasteiger partial charge in [0.15, 0.2) is 0 Å². The number of piperidine rings is 1. The van der Waals surface area contributed by atoms with Crippen LogP contribution in [0.2, 0.25) is 0 Å². The number of carbonyl (C=O) groups excluding carboxylic acids is 1. The molecule has 6 heteroatoms. The highest BCUT2D eigenvalue weighted by atomic mass is 16.2. The van der Waals surface area contributed by atoms with Crippen molar-refractivity contribution in [2.45, 2.75) is 38.1 Å². The summed E-state index contributed by atoms with van der Waals surface area (Å²) in [6.07, 6.45) is 8.91. The highest BCUT2D eigenvalue weighted by Crippen LogP contribution is 2.24. The van der Waals surface area contributed by atoms with E-state index in [-0.39, 0.29) is 11.9 Å². The van der Waals surface area contributed by atoms with Crippen molar-refractivity contribution in [3.8, 4) is 11.3 Å². The number of nitrogens with zero attached hydrogens (tertiary/aromatic N) is 4. The first-order valence-electron chi connectivity index (χ1n) is 9.60. The summed E-state index contributed by atoms with van der Waals surface area (Å²) in [5.41, 5.74) is 2.39. The van der Waals surface area contributed by atoms with Crippen molar-refractivity contribution < 1.29 is 4.79 Å². The molecule has 3 heterocycles. The van der Waals surface area contributed by atoms with E-state index in [9.17, 15) is 4.79 Å². The molecule has 0 bridgehead atoms. The lowest BCUT2D eigenvalue weighted by molar-refractivity contribution is 0.0595. The minimum absolute atomic E-state index is 0.0502. The second-order valence-electron chi connectivity index (χ2n) is 7.17. The van der Waals surface area contributed by atoms with E-state index in [4.69, 9.17) is 0 Å². The third kappa shape index (κ3) is 3.79. The van der Waals surface area contributed by atoms with Gasteiger partial charge >= 0.3 is 0 Å². The summed E-state index contributed by atoms with van der Waals surface area (Å²) in [4.78, 5) is 19.5. The number of rotatable bonds is 5. The summed E-state index contributed by atoms with van der Waals surface area (Å²) in [7, 11) is 2.02. The highest BCUT2D eigenvalue weighted by Gasteiger charge is 2.28. The Labute approximate surface area is 159 Å². The van der Waals surface area contributed by atoms with Crippen molar-refractivity contribution >= 4 is 5.91 Å². The van der Waals surface area contributed by atoms with Gasteiger partial charge in [0.1, 0.15) is 11.5 Å². The number of amides is 1. The minimum Gasteiger partial charge on any atom is -0.338 e. The van der Waals surface area contributed by atoms with Gasteiger partial charge in [-0.3, -0.25) is 9.89 Å². The smallest absolute Gasteiger partial charge is 0.272 e. The lowest BCUT2D eigenvalue weighted by Gasteiger charge is -2.35. The minimum atomic E-state index is 0.0502. The van der Waals surface area contributed by atoms with Crippen molar-refractivity contribution in [2.24, 2.45) is 7.05 Å². The number of nitrogens with one attached hydrogen (secondary N) is 1. The number of carbonyl (C=O) groups is 1. The summed E-state index contributed by atoms with van der Waals surface area (Å²) >= 11 is 0. The van der Waals surface area contributed by atoms with Crippen LogP contribution in [0.15, 0.2) is 48.8 Å². The standard InChI is InChI=1S/C21H25N5O/c1-25-14-12-22-20(25)11-10-17-9-5-6-13-26(17)21(27)19-15-18(23-24-19)16-7-3-2-4-8-16/h2-4,7-8,12,14-15,17H,5-6,9-11,13H2,1H3,(H,23,24). The zero-order valence-electron chi connectivity index (χ0n) is 15.6. The Kier molecular flexibility index (Phi) is 5.05. The maximum absolute atomic E-state index is 13.1. The molecule has 1 unspecified atom stereocenters. The molecule has 3 aromatic rings. The predicted molar refractivity (Wildman–Crippen MR) is 104 cm³/mol. The number of H-pyrrole nitrogens is 1. The van der Waals surface area contributed by atoms with Gasteiger partial charge < -0.3 is 9.47 Å². The van der Waals surface area contributed by atoms with E-state index in [1.54, 1.807) is 0 Å². The van der Waals surface area contributed by atoms with Crippen LogP contribution in [0.3, 0.4) is 0 Å². The average Bonchev–Trinajstić information content (AvgIpc) is 3.36. The molecule has 1 atom stereocenters. The van der Waals surface area contributed by atoms with Crippen LogP contribution in [0.1, 0.15) is 42.0 Å². The fourth-order valence-corrected chi connectivity index (χ4v) is 3.84. The van der Waals surface area contributed by atoms with Crippen molar-refractivity contribution in [3.05, 3.63) is 60.3 Å². The van der Waals surface area contributed by atoms with Gasteiger partial charge in [0.2, 0.25) is 0 Å². The normalized spacial score (nSPS) is 17.2. The summed E-state index contributed by atoms with van der Waals surface area (Å²) in [6.45, 7) is 0.809. The van der Waals surface area contributed by atoms with Crippen LogP contribution in [-0.4, -0.2) is 43.1 Å². The second kappa shape index (κ2) is 7.78. The van der Waals surface area contributed by atoms with Gasteiger partial charge in [0.05, 0.1) is 5.69 Å². The SMILES string of the molecule is Cn1ccnc1CCC1CCCCN1C(=O)c1cc(-c2ccccc2)n[nH]1. The molecule has 140 valence electrons. The zero-order valence-corrected chi connectivity index (χ0v) is 15.6. The summed E-state index contributed by atoms with van der Waals surface area (Å²) in [6, 6.07) is 12.0. The molecule has 2 aromatic heterocycles. The van der Waals surface area contributed by atoms with Crippen LogP contribution >= 0.6 is 0 Å². The van der Waals surface area contributed by atoms with Gasteiger partial charge in [-0.1, -0.05) is 30.3 Å². The van der Waals surface area contributed by atoms with E-state index in [1.165, 1.54) is 6.42 Å². The molecular weight excluding hydrogens is 338 g/mol. The number of imidazole rings is 1. The van der Waals surface area contributed by atoms with E-state index < -0.39 is 0 Å². The molecule has 1 amide bonds. The van der Waals surface area contributed by atoms with Crippen LogP contribution in [-0.2, 0) is 13.5 Å². The zero-order chi connectivity index (χ0) is 18.6. The van der Waals surface area contributed by atoms with Gasteiger partial charge in [-0.05, 0) is 31.7 Å². The van der Waals surface area contributed by atoms with Crippen LogP contribution in [0, 0.1) is 0 Å². The number of likely N-dealkylation sites (tertiary alicyclic amines) is 1. The Morgan fingerprint density at radius 3 is 2.89 bits per heavy atom. The number of aromatic amines is 1. The highest BCUT2D eigenvalue weighted by molar-refractivity contribution is 5.93. The summed E-state index contributed by atoms with van der Waals surface area (Å²) in [5, 5.41) is 7.28. The summed E-state index contributed by atoms with van der Waals surface area (Å²) < 4.78 is 2.05. The monoisotopic (exact) mass is 363 g/mol. The van der Waals surface area contributed by atoms with Crippen LogP contribution in [0.4, 0.5) is 0 Å². The molecular formula is C21H25N5O. The molecule has 1 saturated heterocycles. The third-order valence-corrected chi connectivity index (χ3v) is 5.39. The van der Waals surface area contributed by atoms with Crippen LogP contribution < -0.4 is 0 Å². The maximum atomic E-state index is 13.1. The van der Waals surface area contributed by atoms with E-state index in [0.29, 0.717) is 5.69 Å². The molecule has 4 rings (SSSR count). The Morgan fingerprint density at radius 1 is 1.26 bits per heavy atom. The number of hydrogen-bond donors (Lipinski definition) is 1. The van der Waals surface area contributed by atoms with Gasteiger partial charge in [0.25, 0.3) is 5.91 Å². The van der Waals surface area contributed by atoms with E-state index in [0.717, 1.165) is 49.3 Å². The van der Waals surface area contributed by atoms with Crippen molar-refractivity contribution in [3.63, 3.8) is 0 Å². The molecule has 1 aromatic carbocycles. The molecule has 0 spiro atoms. The van der Waals surface area contributed by atoms with Crippen molar-refractivity contribution in [2.75, 3.05) is 6.54 Å². The number of hydrogen-bond acceptors (Lipinski definition) is 3. The first-order chi connectivity index (χ1) is 13.2. The molecule has 1 N–H and O–H groups in total. The molecule has 0 radical (unpaired) electrons. The fraction of sp³-hybridized carbons (Fsp3) is 0.381. The molecule has 0 saturated carbocycles. The van der Waals surface area contributed by atoms with Crippen molar-refractivity contribution in [1.82, 2.24) is 24.6 Å². The van der Waals surface area contributed by atoms with Gasteiger partial charge in [-0.15, -0.1) is 0 Å². The quantitative estimate of drug-likeness (QED) is 0.755. The van der Waals surface area contributed by atoms with Gasteiger partial charge in [-0.2, -0.15) is 5.10 Å². The lowest BCUT2D eigenvalue weighted by Crippen LogP contribution is -2.44. The average molecular weight is 363 g/mol. The lowest BCUT2D eigenvalue weighted by atomic mass is 9.97. The predicted octanol–water partition coefficient (Wildman–Crippen LogP) is 3.44. The molecule has 1 fully saturated rings. The molecule has 1 aliphatic heterocycles. The Balaban J connectivity index is 1.47. The Bertz CT molecular complexity index is 898. The van der Waals surface area contributed by atoms with E-state index in [2.05, 4.69) is 19.7 Å². The van der Waals surface area contributed by atoms with Crippen LogP contribution in [0.5, 0.6) is 0 Å². The number of aryl methyl sites for hydroxylation is 2. The first-order valence-corrected chi connectivity index (χ1v) is 9.60. The van der Waals surface area contributed by atoms with Gasteiger partial charge in [-0.25, -0.2) is 4.98 Å². The fourth-order valence-electron chi connectivity index (χ4n) is 3.84. The third-order valence-electron chi connectivity index (χ3n) is 5.39. The van der Waals surface area contributed by atoms with E-state index >= 15 is 0 Å². The van der Waals surface area contributed by atoms with E-state index in [1.807, 2.05) is 60.7 Å². The largest absolute Gasteiger partial charge is 0.338 e. The second-order valence-corrected chi connectivity index (χ2v) is 7.17. The Hall–Kier alpha value is -2.89. The van der Waals surface area contributed by atoms with Crippen molar-refractivity contribution in [1.29, 1.82) is 0 Å². The molecule has 6 nitrogen and oxygen atoms in total. The number of benzene rings is 1. The topological polar surface area (TPSA) is 66.8 Å². The molecule has 27 heavy (non-hydrogen) atoms. The van der Waals surface area contributed by atoms with Gasteiger partial charge in [0, 0.05) is 44.0 Å². The Morgan fingerprint density at radius 2 is 2.11 bits per heavy atom. The van der Waals surface area contributed by atoms with Crippen LogP contribution in [0.25, 0.3) is 11.3 Å². The molecule has 1 aliphatic rings. The number of aromatic nitrogens is 4. The first kappa shape index (κ1) is 17.5. The summed E-state index contributed by atoms with van der Waals surface area (Å²) in [5.74, 6) is 1.12. The maximum Gasteiger partial charge on any atom is 0.272 e. The molecule has 0 aliphatic carbocycles.